The number of halogens is 1. The topological polar surface area (TPSA) is 77.8 Å². The molecule has 0 aliphatic carbocycles. The van der Waals surface area contributed by atoms with Gasteiger partial charge in [0.25, 0.3) is 5.91 Å². The molecule has 2 N–H and O–H groups in total. The average molecular weight is 300 g/mol. The molecule has 5 nitrogen and oxygen atoms in total. The monoisotopic (exact) mass is 299 g/mol. The number of carbonyl (C=O) groups excluding carboxylic acids is 1. The second-order valence-electron chi connectivity index (χ2n) is 4.40. The Kier molecular flexibility index (Phi) is 6.48. The molecule has 0 aromatic heterocycles. The Balaban J connectivity index is 2.96. The molecular weight excluding hydrogens is 282 g/mol. The van der Waals surface area contributed by atoms with E-state index in [2.05, 4.69) is 0 Å². The minimum Gasteiger partial charge on any atom is -0.481 e. The molecule has 6 heteroatoms. The first kappa shape index (κ1) is 16.5. The van der Waals surface area contributed by atoms with Crippen molar-refractivity contribution in [3.05, 3.63) is 34.9 Å². The Labute approximate surface area is 122 Å². The fraction of sp³-hybridized carbons (Fsp3) is 0.429. The average Bonchev–Trinajstić information content (AvgIpc) is 2.42. The number of hydrogen-bond acceptors (Lipinski definition) is 3. The lowest BCUT2D eigenvalue weighted by atomic mass is 10.1. The molecule has 0 saturated carbocycles. The van der Waals surface area contributed by atoms with E-state index in [1.54, 1.807) is 18.2 Å². The highest BCUT2D eigenvalue weighted by molar-refractivity contribution is 6.30. The third-order valence-corrected chi connectivity index (χ3v) is 3.26. The quantitative estimate of drug-likeness (QED) is 0.807. The van der Waals surface area contributed by atoms with Crippen molar-refractivity contribution >= 4 is 23.5 Å². The van der Waals surface area contributed by atoms with E-state index in [0.29, 0.717) is 17.0 Å². The molecule has 0 fully saturated rings. The van der Waals surface area contributed by atoms with Crippen molar-refractivity contribution in [1.29, 1.82) is 0 Å². The van der Waals surface area contributed by atoms with Crippen LogP contribution in [0.15, 0.2) is 24.3 Å². The van der Waals surface area contributed by atoms with Crippen LogP contribution in [0.2, 0.25) is 5.02 Å². The van der Waals surface area contributed by atoms with Crippen LogP contribution in [0.25, 0.3) is 0 Å². The molecule has 1 amide bonds. The number of carboxylic acids is 1. The molecule has 1 aromatic rings. The molecule has 1 aromatic carbocycles. The predicted octanol–water partition coefficient (Wildman–Crippen LogP) is 2.03. The Morgan fingerprint density at radius 2 is 2.10 bits per heavy atom. The van der Waals surface area contributed by atoms with Crippen LogP contribution in [0.1, 0.15) is 30.1 Å². The maximum Gasteiger partial charge on any atom is 0.305 e. The minimum atomic E-state index is -0.985. The van der Waals surface area contributed by atoms with Crippen molar-refractivity contribution in [2.45, 2.75) is 25.8 Å². The van der Waals surface area contributed by atoms with Crippen LogP contribution < -0.4 is 0 Å². The van der Waals surface area contributed by atoms with Crippen molar-refractivity contribution in [3.8, 4) is 0 Å². The Morgan fingerprint density at radius 1 is 1.40 bits per heavy atom. The summed E-state index contributed by atoms with van der Waals surface area (Å²) in [4.78, 5) is 24.5. The molecule has 0 aliphatic rings. The summed E-state index contributed by atoms with van der Waals surface area (Å²) in [6.45, 7) is 1.68. The van der Waals surface area contributed by atoms with Gasteiger partial charge in [0.2, 0.25) is 0 Å². The number of nitrogens with zero attached hydrogens (tertiary/aromatic N) is 1. The summed E-state index contributed by atoms with van der Waals surface area (Å²) in [6.07, 6.45) is 0.380. The van der Waals surface area contributed by atoms with Gasteiger partial charge in [0, 0.05) is 17.1 Å². The van der Waals surface area contributed by atoms with E-state index in [1.807, 2.05) is 6.92 Å². The molecule has 110 valence electrons. The summed E-state index contributed by atoms with van der Waals surface area (Å²) in [7, 11) is 0. The number of benzene rings is 1. The zero-order valence-electron chi connectivity index (χ0n) is 11.3. The van der Waals surface area contributed by atoms with Gasteiger partial charge in [0.1, 0.15) is 0 Å². The van der Waals surface area contributed by atoms with Crippen molar-refractivity contribution < 1.29 is 19.8 Å². The molecule has 20 heavy (non-hydrogen) atoms. The van der Waals surface area contributed by atoms with E-state index in [1.165, 1.54) is 11.0 Å². The van der Waals surface area contributed by atoms with Gasteiger partial charge < -0.3 is 15.1 Å². The van der Waals surface area contributed by atoms with Gasteiger partial charge in [-0.05, 0) is 24.6 Å². The molecule has 0 spiro atoms. The molecule has 1 rings (SSSR count). The SMILES string of the molecule is CCC(CO)N(CCC(=O)O)C(=O)c1cccc(Cl)c1. The summed E-state index contributed by atoms with van der Waals surface area (Å²) in [5, 5.41) is 18.5. The first-order valence-electron chi connectivity index (χ1n) is 6.38. The van der Waals surface area contributed by atoms with Gasteiger partial charge in [-0.15, -0.1) is 0 Å². The van der Waals surface area contributed by atoms with Crippen molar-refractivity contribution in [1.82, 2.24) is 4.90 Å². The Morgan fingerprint density at radius 3 is 2.60 bits per heavy atom. The smallest absolute Gasteiger partial charge is 0.305 e. The van der Waals surface area contributed by atoms with Crippen LogP contribution >= 0.6 is 11.6 Å². The van der Waals surface area contributed by atoms with Crippen LogP contribution in [0.5, 0.6) is 0 Å². The largest absolute Gasteiger partial charge is 0.481 e. The fourth-order valence-corrected chi connectivity index (χ4v) is 2.09. The van der Waals surface area contributed by atoms with E-state index < -0.39 is 12.0 Å². The predicted molar refractivity (Wildman–Crippen MR) is 75.9 cm³/mol. The molecular formula is C14H18ClNO4. The molecule has 0 saturated heterocycles. The molecule has 0 radical (unpaired) electrons. The third kappa shape index (κ3) is 4.51. The van der Waals surface area contributed by atoms with Crippen molar-refractivity contribution in [3.63, 3.8) is 0 Å². The number of aliphatic carboxylic acids is 1. The van der Waals surface area contributed by atoms with Crippen LogP contribution in [-0.4, -0.2) is 46.2 Å². The Bertz CT molecular complexity index is 474. The highest BCUT2D eigenvalue weighted by Gasteiger charge is 2.23. The van der Waals surface area contributed by atoms with Gasteiger partial charge in [0.15, 0.2) is 0 Å². The van der Waals surface area contributed by atoms with Crippen molar-refractivity contribution in [2.75, 3.05) is 13.2 Å². The molecule has 0 bridgehead atoms. The third-order valence-electron chi connectivity index (χ3n) is 3.02. The van der Waals surface area contributed by atoms with Gasteiger partial charge in [-0.2, -0.15) is 0 Å². The molecule has 0 aliphatic heterocycles. The number of aliphatic hydroxyl groups is 1. The number of aliphatic hydroxyl groups excluding tert-OH is 1. The summed E-state index contributed by atoms with van der Waals surface area (Å²) >= 11 is 5.85. The first-order chi connectivity index (χ1) is 9.49. The number of carboxylic acid groups (broad SMARTS) is 1. The standard InChI is InChI=1S/C14H18ClNO4/c1-2-12(9-17)16(7-6-13(18)19)14(20)10-4-3-5-11(15)8-10/h3-5,8,12,17H,2,6-7,9H2,1H3,(H,18,19). The lowest BCUT2D eigenvalue weighted by molar-refractivity contribution is -0.137. The minimum absolute atomic E-state index is 0.0553. The van der Waals surface area contributed by atoms with Crippen LogP contribution in [-0.2, 0) is 4.79 Å². The van der Waals surface area contributed by atoms with E-state index in [9.17, 15) is 14.7 Å². The van der Waals surface area contributed by atoms with Gasteiger partial charge in [0.05, 0.1) is 19.1 Å². The fourth-order valence-electron chi connectivity index (χ4n) is 1.90. The van der Waals surface area contributed by atoms with E-state index in [-0.39, 0.29) is 25.5 Å². The lowest BCUT2D eigenvalue weighted by Gasteiger charge is -2.29. The summed E-state index contributed by atoms with van der Waals surface area (Å²) in [5.41, 5.74) is 0.384. The van der Waals surface area contributed by atoms with E-state index in [4.69, 9.17) is 16.7 Å². The second-order valence-corrected chi connectivity index (χ2v) is 4.83. The first-order valence-corrected chi connectivity index (χ1v) is 6.76. The van der Waals surface area contributed by atoms with Crippen LogP contribution in [0, 0.1) is 0 Å². The Hall–Kier alpha value is -1.59. The zero-order valence-corrected chi connectivity index (χ0v) is 12.0. The number of rotatable bonds is 7. The summed E-state index contributed by atoms with van der Waals surface area (Å²) in [6, 6.07) is 6.06. The van der Waals surface area contributed by atoms with E-state index in [0.717, 1.165) is 0 Å². The number of hydrogen-bond donors (Lipinski definition) is 2. The highest BCUT2D eigenvalue weighted by atomic mass is 35.5. The van der Waals surface area contributed by atoms with Crippen LogP contribution in [0.4, 0.5) is 0 Å². The summed E-state index contributed by atoms with van der Waals surface area (Å²) in [5.74, 6) is -1.31. The maximum atomic E-state index is 12.4. The molecule has 1 unspecified atom stereocenters. The van der Waals surface area contributed by atoms with Gasteiger partial charge in [-0.25, -0.2) is 0 Å². The van der Waals surface area contributed by atoms with Gasteiger partial charge in [-0.3, -0.25) is 9.59 Å². The van der Waals surface area contributed by atoms with Crippen LogP contribution in [0.3, 0.4) is 0 Å². The normalized spacial score (nSPS) is 11.9. The van der Waals surface area contributed by atoms with E-state index >= 15 is 0 Å². The molecule has 0 heterocycles. The highest BCUT2D eigenvalue weighted by Crippen LogP contribution is 2.15. The number of carbonyl (C=O) groups is 2. The van der Waals surface area contributed by atoms with Crippen molar-refractivity contribution in [2.24, 2.45) is 0 Å². The van der Waals surface area contributed by atoms with Gasteiger partial charge in [-0.1, -0.05) is 24.6 Å². The maximum absolute atomic E-state index is 12.4. The zero-order chi connectivity index (χ0) is 15.1. The van der Waals surface area contributed by atoms with Gasteiger partial charge >= 0.3 is 5.97 Å². The second kappa shape index (κ2) is 7.87. The molecule has 1 atom stereocenters. The number of amides is 1. The summed E-state index contributed by atoms with van der Waals surface area (Å²) < 4.78 is 0. The lowest BCUT2D eigenvalue weighted by Crippen LogP contribution is -2.43.